The van der Waals surface area contributed by atoms with Crippen LogP contribution in [0.25, 0.3) is 0 Å². The van der Waals surface area contributed by atoms with Crippen molar-refractivity contribution in [3.63, 3.8) is 0 Å². The highest BCUT2D eigenvalue weighted by molar-refractivity contribution is 6.29. The summed E-state index contributed by atoms with van der Waals surface area (Å²) in [5.41, 5.74) is 0.959. The molecule has 1 saturated heterocycles. The number of carbonyl (C=O) groups excluding carboxylic acids is 1. The third kappa shape index (κ3) is 3.40. The first-order chi connectivity index (χ1) is 8.15. The molecule has 1 aliphatic rings. The largest absolute Gasteiger partial charge is 0.343 e. The van der Waals surface area contributed by atoms with E-state index in [0.717, 1.165) is 38.0 Å². The van der Waals surface area contributed by atoms with Crippen LogP contribution in [0, 0.1) is 5.92 Å². The van der Waals surface area contributed by atoms with Gasteiger partial charge >= 0.3 is 0 Å². The second kappa shape index (κ2) is 5.45. The monoisotopic (exact) mass is 253 g/mol. The molecule has 1 unspecified atom stereocenters. The minimum Gasteiger partial charge on any atom is -0.343 e. The van der Waals surface area contributed by atoms with Crippen LogP contribution < -0.4 is 0 Å². The maximum absolute atomic E-state index is 11.3. The Hall–Kier alpha value is -1.16. The molecule has 1 aromatic rings. The van der Waals surface area contributed by atoms with E-state index in [9.17, 15) is 4.79 Å². The van der Waals surface area contributed by atoms with Crippen molar-refractivity contribution in [2.45, 2.75) is 26.2 Å². The molecule has 4 nitrogen and oxygen atoms in total. The van der Waals surface area contributed by atoms with E-state index in [1.165, 1.54) is 6.33 Å². The molecule has 1 fully saturated rings. The Balaban J connectivity index is 1.97. The van der Waals surface area contributed by atoms with Gasteiger partial charge in [-0.3, -0.25) is 4.79 Å². The average Bonchev–Trinajstić information content (AvgIpc) is 2.29. The zero-order valence-electron chi connectivity index (χ0n) is 9.90. The van der Waals surface area contributed by atoms with Crippen LogP contribution in [0.3, 0.4) is 0 Å². The average molecular weight is 254 g/mol. The predicted molar refractivity (Wildman–Crippen MR) is 65.7 cm³/mol. The molecule has 0 N–H and O–H groups in total. The topological polar surface area (TPSA) is 46.1 Å². The van der Waals surface area contributed by atoms with Crippen molar-refractivity contribution in [1.29, 1.82) is 0 Å². The standard InChI is InChI=1S/C12H16ClN3O/c1-9(17)16-4-2-3-10(7-16)5-11-6-12(13)15-8-14-11/h6,8,10H,2-5,7H2,1H3. The molecule has 1 aromatic heterocycles. The number of likely N-dealkylation sites (tertiary alicyclic amines) is 1. The SMILES string of the molecule is CC(=O)N1CCCC(Cc2cc(Cl)ncn2)C1. The second-order valence-electron chi connectivity index (χ2n) is 4.51. The summed E-state index contributed by atoms with van der Waals surface area (Å²) in [4.78, 5) is 21.3. The van der Waals surface area contributed by atoms with Crippen LogP contribution >= 0.6 is 11.6 Å². The summed E-state index contributed by atoms with van der Waals surface area (Å²) in [7, 11) is 0. The second-order valence-corrected chi connectivity index (χ2v) is 4.90. The van der Waals surface area contributed by atoms with E-state index in [1.807, 2.05) is 4.90 Å². The summed E-state index contributed by atoms with van der Waals surface area (Å²) in [5, 5.41) is 0.481. The Labute approximate surface area is 106 Å². The lowest BCUT2D eigenvalue weighted by atomic mass is 9.93. The first-order valence-corrected chi connectivity index (χ1v) is 6.25. The molecule has 0 bridgehead atoms. The number of aromatic nitrogens is 2. The van der Waals surface area contributed by atoms with Crippen LogP contribution in [0.2, 0.25) is 5.15 Å². The van der Waals surface area contributed by atoms with Crippen LogP contribution in [0.5, 0.6) is 0 Å². The molecule has 0 radical (unpaired) electrons. The van der Waals surface area contributed by atoms with Gasteiger partial charge in [0.2, 0.25) is 5.91 Å². The maximum Gasteiger partial charge on any atom is 0.219 e. The van der Waals surface area contributed by atoms with Gasteiger partial charge in [0.25, 0.3) is 0 Å². The molecule has 0 spiro atoms. The fourth-order valence-corrected chi connectivity index (χ4v) is 2.46. The van der Waals surface area contributed by atoms with Gasteiger partial charge in [-0.25, -0.2) is 9.97 Å². The van der Waals surface area contributed by atoms with E-state index >= 15 is 0 Å². The zero-order valence-corrected chi connectivity index (χ0v) is 10.7. The maximum atomic E-state index is 11.3. The molecule has 92 valence electrons. The van der Waals surface area contributed by atoms with Crippen LogP contribution in [0.15, 0.2) is 12.4 Å². The normalized spacial score (nSPS) is 20.4. The van der Waals surface area contributed by atoms with Gasteiger partial charge in [-0.05, 0) is 31.2 Å². The van der Waals surface area contributed by atoms with Crippen LogP contribution in [-0.4, -0.2) is 33.9 Å². The van der Waals surface area contributed by atoms with E-state index in [-0.39, 0.29) is 5.91 Å². The van der Waals surface area contributed by atoms with Crippen LogP contribution in [-0.2, 0) is 11.2 Å². The Morgan fingerprint density at radius 2 is 2.41 bits per heavy atom. The highest BCUT2D eigenvalue weighted by Gasteiger charge is 2.22. The summed E-state index contributed by atoms with van der Waals surface area (Å²) in [6.07, 6.45) is 4.57. The lowest BCUT2D eigenvalue weighted by molar-refractivity contribution is -0.130. The Bertz CT molecular complexity index is 410. The van der Waals surface area contributed by atoms with Gasteiger partial charge in [-0.2, -0.15) is 0 Å². The van der Waals surface area contributed by atoms with Gasteiger partial charge in [-0.1, -0.05) is 11.6 Å². The van der Waals surface area contributed by atoms with Crippen molar-refractivity contribution >= 4 is 17.5 Å². The van der Waals surface area contributed by atoms with Crippen molar-refractivity contribution < 1.29 is 4.79 Å². The molecule has 1 atom stereocenters. The molecule has 0 aromatic carbocycles. The Morgan fingerprint density at radius 3 is 3.12 bits per heavy atom. The number of hydrogen-bond acceptors (Lipinski definition) is 3. The van der Waals surface area contributed by atoms with Crippen LogP contribution in [0.4, 0.5) is 0 Å². The summed E-state index contributed by atoms with van der Waals surface area (Å²) >= 11 is 5.83. The molecule has 17 heavy (non-hydrogen) atoms. The van der Waals surface area contributed by atoms with Gasteiger partial charge in [0.1, 0.15) is 11.5 Å². The summed E-state index contributed by atoms with van der Waals surface area (Å²) in [6.45, 7) is 3.34. The first-order valence-electron chi connectivity index (χ1n) is 5.87. The minimum atomic E-state index is 0.162. The van der Waals surface area contributed by atoms with Crippen molar-refractivity contribution in [3.8, 4) is 0 Å². The summed E-state index contributed by atoms with van der Waals surface area (Å²) in [6, 6.07) is 1.80. The molecule has 5 heteroatoms. The fourth-order valence-electron chi connectivity index (χ4n) is 2.30. The van der Waals surface area contributed by atoms with Crippen molar-refractivity contribution in [2.75, 3.05) is 13.1 Å². The van der Waals surface area contributed by atoms with E-state index in [1.54, 1.807) is 13.0 Å². The quantitative estimate of drug-likeness (QED) is 0.757. The minimum absolute atomic E-state index is 0.162. The third-order valence-corrected chi connectivity index (χ3v) is 3.36. The molecule has 0 saturated carbocycles. The molecular formula is C12H16ClN3O. The lowest BCUT2D eigenvalue weighted by Crippen LogP contribution is -2.39. The Kier molecular flexibility index (Phi) is 3.94. The Morgan fingerprint density at radius 1 is 1.59 bits per heavy atom. The lowest BCUT2D eigenvalue weighted by Gasteiger charge is -2.31. The van der Waals surface area contributed by atoms with E-state index < -0.39 is 0 Å². The fraction of sp³-hybridized carbons (Fsp3) is 0.583. The number of carbonyl (C=O) groups is 1. The molecular weight excluding hydrogens is 238 g/mol. The van der Waals surface area contributed by atoms with Gasteiger partial charge in [-0.15, -0.1) is 0 Å². The highest BCUT2D eigenvalue weighted by Crippen LogP contribution is 2.20. The number of piperidine rings is 1. The number of rotatable bonds is 2. The number of halogens is 1. The molecule has 1 aliphatic heterocycles. The molecule has 1 amide bonds. The van der Waals surface area contributed by atoms with E-state index in [4.69, 9.17) is 11.6 Å². The van der Waals surface area contributed by atoms with Gasteiger partial charge < -0.3 is 4.90 Å². The van der Waals surface area contributed by atoms with E-state index in [2.05, 4.69) is 9.97 Å². The van der Waals surface area contributed by atoms with Gasteiger partial charge in [0, 0.05) is 25.7 Å². The van der Waals surface area contributed by atoms with Crippen molar-refractivity contribution in [2.24, 2.45) is 5.92 Å². The zero-order chi connectivity index (χ0) is 12.3. The summed E-state index contributed by atoms with van der Waals surface area (Å²) < 4.78 is 0. The molecule has 0 aliphatic carbocycles. The predicted octanol–water partition coefficient (Wildman–Crippen LogP) is 1.93. The van der Waals surface area contributed by atoms with Crippen molar-refractivity contribution in [3.05, 3.63) is 23.2 Å². The van der Waals surface area contributed by atoms with E-state index in [0.29, 0.717) is 11.1 Å². The molecule has 2 rings (SSSR count). The first kappa shape index (κ1) is 12.3. The van der Waals surface area contributed by atoms with Gasteiger partial charge in [0.05, 0.1) is 0 Å². The summed E-state index contributed by atoms with van der Waals surface area (Å²) in [5.74, 6) is 0.647. The highest BCUT2D eigenvalue weighted by atomic mass is 35.5. The molecule has 2 heterocycles. The number of hydrogen-bond donors (Lipinski definition) is 0. The van der Waals surface area contributed by atoms with Crippen LogP contribution in [0.1, 0.15) is 25.5 Å². The van der Waals surface area contributed by atoms with Gasteiger partial charge in [0.15, 0.2) is 0 Å². The smallest absolute Gasteiger partial charge is 0.219 e. The number of amides is 1. The number of nitrogens with zero attached hydrogens (tertiary/aromatic N) is 3. The van der Waals surface area contributed by atoms with Crippen molar-refractivity contribution in [1.82, 2.24) is 14.9 Å². The third-order valence-electron chi connectivity index (χ3n) is 3.15.